The van der Waals surface area contributed by atoms with Gasteiger partial charge >= 0.3 is 5.97 Å². The first-order valence-electron chi connectivity index (χ1n) is 7.85. The molecule has 0 saturated heterocycles. The van der Waals surface area contributed by atoms with Crippen molar-refractivity contribution in [3.8, 4) is 0 Å². The van der Waals surface area contributed by atoms with Crippen LogP contribution in [0.1, 0.15) is 10.4 Å². The summed E-state index contributed by atoms with van der Waals surface area (Å²) in [5, 5.41) is 7.40. The van der Waals surface area contributed by atoms with Crippen molar-refractivity contribution in [1.82, 2.24) is 10.2 Å². The molecule has 1 aromatic heterocycles. The van der Waals surface area contributed by atoms with E-state index in [0.29, 0.717) is 10.5 Å². The summed E-state index contributed by atoms with van der Waals surface area (Å²) in [6.07, 6.45) is 0. The van der Waals surface area contributed by atoms with Crippen molar-refractivity contribution in [2.24, 2.45) is 0 Å². The number of amides is 1. The van der Waals surface area contributed by atoms with Crippen LogP contribution in [0.5, 0.6) is 0 Å². The maximum atomic E-state index is 12.3. The van der Waals surface area contributed by atoms with E-state index in [1.165, 1.54) is 13.2 Å². The molecule has 0 bridgehead atoms. The van der Waals surface area contributed by atoms with Crippen LogP contribution >= 0.6 is 11.8 Å². The van der Waals surface area contributed by atoms with Crippen LogP contribution in [0.15, 0.2) is 56.9 Å². The zero-order valence-corrected chi connectivity index (χ0v) is 15.0. The highest BCUT2D eigenvalue weighted by molar-refractivity contribution is 8.00. The monoisotopic (exact) mass is 385 g/mol. The number of fused-ring (bicyclic) bond motifs is 1. The molecule has 9 heteroatoms. The normalized spacial score (nSPS) is 10.6. The Labute approximate surface area is 156 Å². The number of esters is 1. The van der Waals surface area contributed by atoms with E-state index in [9.17, 15) is 19.2 Å². The van der Waals surface area contributed by atoms with Crippen LogP contribution < -0.4 is 16.4 Å². The number of aromatic amines is 2. The summed E-state index contributed by atoms with van der Waals surface area (Å²) in [6, 6.07) is 11.4. The molecule has 138 valence electrons. The molecule has 3 N–H and O–H groups in total. The molecule has 3 rings (SSSR count). The average Bonchev–Trinajstić information content (AvgIpc) is 2.69. The van der Waals surface area contributed by atoms with Gasteiger partial charge < -0.3 is 10.1 Å². The molecule has 0 radical (unpaired) electrons. The highest BCUT2D eigenvalue weighted by atomic mass is 32.2. The minimum atomic E-state index is -0.510. The maximum absolute atomic E-state index is 12.3. The molecule has 3 aromatic rings. The lowest BCUT2D eigenvalue weighted by Gasteiger charge is -2.09. The number of thioether (sulfide) groups is 1. The fourth-order valence-electron chi connectivity index (χ4n) is 2.53. The van der Waals surface area contributed by atoms with Crippen LogP contribution in [0.25, 0.3) is 10.8 Å². The summed E-state index contributed by atoms with van der Waals surface area (Å²) in [4.78, 5) is 48.6. The molecule has 0 aliphatic heterocycles. The quantitative estimate of drug-likeness (QED) is 0.454. The topological polar surface area (TPSA) is 121 Å². The fourth-order valence-corrected chi connectivity index (χ4v) is 3.37. The second kappa shape index (κ2) is 7.92. The Morgan fingerprint density at radius 3 is 2.56 bits per heavy atom. The number of hydrogen-bond donors (Lipinski definition) is 3. The summed E-state index contributed by atoms with van der Waals surface area (Å²) in [6.45, 7) is 0. The van der Waals surface area contributed by atoms with Gasteiger partial charge in [-0.25, -0.2) is 4.79 Å². The van der Waals surface area contributed by atoms with Crippen LogP contribution in [0.3, 0.4) is 0 Å². The molecule has 0 saturated carbocycles. The third-order valence-corrected chi connectivity index (χ3v) is 4.82. The lowest BCUT2D eigenvalue weighted by atomic mass is 10.1. The van der Waals surface area contributed by atoms with E-state index in [2.05, 4.69) is 15.5 Å². The summed E-state index contributed by atoms with van der Waals surface area (Å²) in [5.41, 5.74) is -0.357. The third-order valence-electron chi connectivity index (χ3n) is 3.75. The first-order chi connectivity index (χ1) is 13.0. The number of rotatable bonds is 5. The lowest BCUT2D eigenvalue weighted by molar-refractivity contribution is -0.113. The Hall–Kier alpha value is -3.33. The standard InChI is InChI=1S/C18H15N3O5S/c1-26-18(25)10-5-2-3-8-13(10)27-9-14(22)19-12-7-4-6-11-15(12)17(24)21-20-16(11)23/h2-8H,9H2,1H3,(H,19,22)(H,20,23)(H,21,24). The van der Waals surface area contributed by atoms with Gasteiger partial charge in [0.2, 0.25) is 5.91 Å². The zero-order chi connectivity index (χ0) is 19.4. The molecule has 2 aromatic carbocycles. The molecule has 8 nitrogen and oxygen atoms in total. The SMILES string of the molecule is COC(=O)c1ccccc1SCC(=O)Nc1cccc2c(=O)[nH][nH]c(=O)c12. The summed E-state index contributed by atoms with van der Waals surface area (Å²) in [5.74, 6) is -0.865. The van der Waals surface area contributed by atoms with Crippen molar-refractivity contribution in [2.75, 3.05) is 18.2 Å². The largest absolute Gasteiger partial charge is 0.465 e. The van der Waals surface area contributed by atoms with E-state index in [4.69, 9.17) is 4.74 Å². The number of hydrogen-bond acceptors (Lipinski definition) is 6. The Balaban J connectivity index is 1.80. The average molecular weight is 385 g/mol. The number of aromatic nitrogens is 2. The number of carbonyl (C=O) groups excluding carboxylic acids is 2. The van der Waals surface area contributed by atoms with Crippen molar-refractivity contribution in [2.45, 2.75) is 4.90 Å². The Kier molecular flexibility index (Phi) is 5.41. The second-order valence-corrected chi connectivity index (χ2v) is 6.48. The van der Waals surface area contributed by atoms with Gasteiger partial charge in [0.25, 0.3) is 11.1 Å². The van der Waals surface area contributed by atoms with Crippen molar-refractivity contribution in [3.05, 3.63) is 68.7 Å². The predicted molar refractivity (Wildman–Crippen MR) is 102 cm³/mol. The number of nitrogens with one attached hydrogen (secondary N) is 3. The molecule has 0 fully saturated rings. The summed E-state index contributed by atoms with van der Waals surface area (Å²) < 4.78 is 4.73. The minimum absolute atomic E-state index is 0.00545. The highest BCUT2D eigenvalue weighted by Crippen LogP contribution is 2.24. The van der Waals surface area contributed by atoms with Gasteiger partial charge in [0.05, 0.1) is 34.9 Å². The van der Waals surface area contributed by atoms with Crippen molar-refractivity contribution in [1.29, 1.82) is 0 Å². The molecule has 1 heterocycles. The van der Waals surface area contributed by atoms with Crippen LogP contribution in [0.2, 0.25) is 0 Å². The number of anilines is 1. The number of ether oxygens (including phenoxy) is 1. The Bertz CT molecular complexity index is 1140. The van der Waals surface area contributed by atoms with E-state index in [0.717, 1.165) is 11.8 Å². The summed E-state index contributed by atoms with van der Waals surface area (Å²) in [7, 11) is 1.29. The van der Waals surface area contributed by atoms with Gasteiger partial charge in [-0.3, -0.25) is 24.6 Å². The van der Waals surface area contributed by atoms with Crippen LogP contribution in [-0.4, -0.2) is 34.9 Å². The van der Waals surface area contributed by atoms with Crippen molar-refractivity contribution < 1.29 is 14.3 Å². The number of methoxy groups -OCH3 is 1. The third kappa shape index (κ3) is 3.93. The molecule has 0 unspecified atom stereocenters. The van der Waals surface area contributed by atoms with Gasteiger partial charge in [-0.15, -0.1) is 11.8 Å². The van der Waals surface area contributed by atoms with Gasteiger partial charge in [-0.1, -0.05) is 18.2 Å². The lowest BCUT2D eigenvalue weighted by Crippen LogP contribution is -2.22. The highest BCUT2D eigenvalue weighted by Gasteiger charge is 2.14. The molecule has 0 spiro atoms. The molecule has 1 amide bonds. The van der Waals surface area contributed by atoms with Crippen molar-refractivity contribution in [3.63, 3.8) is 0 Å². The van der Waals surface area contributed by atoms with E-state index in [-0.39, 0.29) is 28.1 Å². The smallest absolute Gasteiger partial charge is 0.338 e. The first-order valence-corrected chi connectivity index (χ1v) is 8.83. The Morgan fingerprint density at radius 2 is 1.78 bits per heavy atom. The Morgan fingerprint density at radius 1 is 1.04 bits per heavy atom. The molecule has 0 aliphatic rings. The molecule has 27 heavy (non-hydrogen) atoms. The minimum Gasteiger partial charge on any atom is -0.465 e. The van der Waals surface area contributed by atoms with Gasteiger partial charge in [-0.05, 0) is 24.3 Å². The number of benzene rings is 2. The zero-order valence-electron chi connectivity index (χ0n) is 14.2. The van der Waals surface area contributed by atoms with Gasteiger partial charge in [0.1, 0.15) is 0 Å². The number of carbonyl (C=O) groups is 2. The van der Waals surface area contributed by atoms with Crippen LogP contribution in [0, 0.1) is 0 Å². The van der Waals surface area contributed by atoms with Gasteiger partial charge in [0, 0.05) is 4.90 Å². The molecular weight excluding hydrogens is 370 g/mol. The molecule has 0 aliphatic carbocycles. The van der Waals surface area contributed by atoms with Crippen LogP contribution in [-0.2, 0) is 9.53 Å². The van der Waals surface area contributed by atoms with Crippen molar-refractivity contribution >= 4 is 40.1 Å². The summed E-state index contributed by atoms with van der Waals surface area (Å²) >= 11 is 1.16. The van der Waals surface area contributed by atoms with E-state index in [1.54, 1.807) is 36.4 Å². The number of H-pyrrole nitrogens is 2. The molecule has 0 atom stereocenters. The predicted octanol–water partition coefficient (Wildman–Crippen LogP) is 1.73. The first kappa shape index (κ1) is 18.5. The fraction of sp³-hybridized carbons (Fsp3) is 0.111. The van der Waals surface area contributed by atoms with E-state index >= 15 is 0 Å². The maximum Gasteiger partial charge on any atom is 0.338 e. The van der Waals surface area contributed by atoms with E-state index in [1.807, 2.05) is 0 Å². The van der Waals surface area contributed by atoms with E-state index < -0.39 is 17.1 Å². The van der Waals surface area contributed by atoms with Gasteiger partial charge in [0.15, 0.2) is 0 Å². The molecular formula is C18H15N3O5S. The van der Waals surface area contributed by atoms with Crippen LogP contribution in [0.4, 0.5) is 5.69 Å². The van der Waals surface area contributed by atoms with Gasteiger partial charge in [-0.2, -0.15) is 0 Å². The second-order valence-electron chi connectivity index (χ2n) is 5.46.